The van der Waals surface area contributed by atoms with Crippen LogP contribution in [0.15, 0.2) is 60.7 Å². The summed E-state index contributed by atoms with van der Waals surface area (Å²) in [6, 6.07) is 15.8. The van der Waals surface area contributed by atoms with E-state index in [9.17, 15) is 39.6 Å². The zero-order chi connectivity index (χ0) is 25.5. The van der Waals surface area contributed by atoms with Gasteiger partial charge in [-0.25, -0.2) is 19.2 Å². The van der Waals surface area contributed by atoms with Gasteiger partial charge in [0, 0.05) is 10.8 Å². The lowest BCUT2D eigenvalue weighted by molar-refractivity contribution is 0.0679. The topological polar surface area (TPSA) is 149 Å². The maximum atomic E-state index is 12.5. The van der Waals surface area contributed by atoms with Crippen LogP contribution in [0.5, 0.6) is 0 Å². The highest BCUT2D eigenvalue weighted by atomic mass is 16.4. The number of carbonyl (C=O) groups is 4. The minimum Gasteiger partial charge on any atom is -0.478 e. The number of hydrogen-bond donors (Lipinski definition) is 4. The molecule has 0 bridgehead atoms. The van der Waals surface area contributed by atoms with Gasteiger partial charge in [0.1, 0.15) is 0 Å². The highest BCUT2D eigenvalue weighted by molar-refractivity contribution is 6.43. The number of carboxylic acid groups (broad SMARTS) is 4. The molecule has 0 spiro atoms. The van der Waals surface area contributed by atoms with Gasteiger partial charge in [-0.15, -0.1) is 0 Å². The Bertz CT molecular complexity index is 2000. The summed E-state index contributed by atoms with van der Waals surface area (Å²) in [5.74, 6) is -5.44. The Morgan fingerprint density at radius 3 is 1.44 bits per heavy atom. The molecular weight excluding hydrogens is 464 g/mol. The normalized spacial score (nSPS) is 11.7. The van der Waals surface area contributed by atoms with Gasteiger partial charge in [0.05, 0.1) is 22.3 Å². The third kappa shape index (κ3) is 2.63. The molecule has 0 fully saturated rings. The Hall–Kier alpha value is -5.24. The van der Waals surface area contributed by atoms with Gasteiger partial charge in [-0.05, 0) is 55.2 Å². The molecule has 0 aliphatic heterocycles. The van der Waals surface area contributed by atoms with E-state index in [0.717, 1.165) is 17.5 Å². The molecule has 0 saturated heterocycles. The van der Waals surface area contributed by atoms with Crippen LogP contribution in [0.25, 0.3) is 53.9 Å². The van der Waals surface area contributed by atoms with Crippen LogP contribution in [0, 0.1) is 0 Å². The highest BCUT2D eigenvalue weighted by Gasteiger charge is 2.28. The molecule has 0 heterocycles. The lowest BCUT2D eigenvalue weighted by atomic mass is 9.81. The molecule has 36 heavy (non-hydrogen) atoms. The second kappa shape index (κ2) is 7.13. The summed E-state index contributed by atoms with van der Waals surface area (Å²) >= 11 is 0. The van der Waals surface area contributed by atoms with Gasteiger partial charge >= 0.3 is 23.9 Å². The summed E-state index contributed by atoms with van der Waals surface area (Å²) in [6.07, 6.45) is 0. The van der Waals surface area contributed by atoms with Crippen LogP contribution in [0.4, 0.5) is 0 Å². The number of rotatable bonds is 4. The first-order chi connectivity index (χ1) is 17.2. The van der Waals surface area contributed by atoms with Crippen LogP contribution in [0.3, 0.4) is 0 Å². The molecular formula is C28H14O8. The standard InChI is InChI=1S/C28H14O8/c29-25(30)16-9-18(27(33)34)21-15-6-5-11-3-1-2-4-12(11)20(15)24-19(28(35)36)10-17(26(31)32)14-8-7-13(16)22(21)23(14)24/h1-10H,(H,29,30)(H,31,32)(H,33,34)(H,35,36). The van der Waals surface area contributed by atoms with Crippen LogP contribution >= 0.6 is 0 Å². The third-order valence-corrected chi connectivity index (χ3v) is 6.77. The van der Waals surface area contributed by atoms with Crippen LogP contribution in [-0.4, -0.2) is 44.3 Å². The molecule has 0 aliphatic rings. The monoisotopic (exact) mass is 478 g/mol. The molecule has 6 aromatic rings. The van der Waals surface area contributed by atoms with Crippen molar-refractivity contribution in [3.63, 3.8) is 0 Å². The van der Waals surface area contributed by atoms with E-state index in [2.05, 4.69) is 0 Å². The summed E-state index contributed by atoms with van der Waals surface area (Å²) in [5.41, 5.74) is -1.10. The zero-order valence-electron chi connectivity index (χ0n) is 18.2. The molecule has 0 amide bonds. The summed E-state index contributed by atoms with van der Waals surface area (Å²) in [5, 5.41) is 43.6. The van der Waals surface area contributed by atoms with Gasteiger partial charge in [0.25, 0.3) is 0 Å². The van der Waals surface area contributed by atoms with Crippen LogP contribution in [-0.2, 0) is 0 Å². The van der Waals surface area contributed by atoms with E-state index < -0.39 is 23.9 Å². The Kier molecular flexibility index (Phi) is 4.22. The average molecular weight is 478 g/mol. The molecule has 0 atom stereocenters. The molecule has 0 aromatic heterocycles. The van der Waals surface area contributed by atoms with Crippen molar-refractivity contribution in [1.82, 2.24) is 0 Å². The Morgan fingerprint density at radius 1 is 0.417 bits per heavy atom. The van der Waals surface area contributed by atoms with E-state index in [1.165, 1.54) is 12.1 Å². The molecule has 6 aromatic carbocycles. The fraction of sp³-hybridized carbons (Fsp3) is 0. The zero-order valence-corrected chi connectivity index (χ0v) is 18.2. The first-order valence-corrected chi connectivity index (χ1v) is 10.8. The smallest absolute Gasteiger partial charge is 0.336 e. The van der Waals surface area contributed by atoms with Crippen molar-refractivity contribution in [2.45, 2.75) is 0 Å². The van der Waals surface area contributed by atoms with Gasteiger partial charge in [-0.3, -0.25) is 0 Å². The molecule has 6 rings (SSSR count). The fourth-order valence-corrected chi connectivity index (χ4v) is 5.41. The van der Waals surface area contributed by atoms with Crippen molar-refractivity contribution in [3.05, 3.63) is 82.9 Å². The average Bonchev–Trinajstić information content (AvgIpc) is 2.85. The van der Waals surface area contributed by atoms with E-state index in [0.29, 0.717) is 16.2 Å². The quantitative estimate of drug-likeness (QED) is 0.187. The van der Waals surface area contributed by atoms with Gasteiger partial charge in [0.2, 0.25) is 0 Å². The predicted octanol–water partition coefficient (Wildman–Crippen LogP) is 5.68. The number of hydrogen-bond acceptors (Lipinski definition) is 4. The molecule has 0 unspecified atom stereocenters. The summed E-state index contributed by atoms with van der Waals surface area (Å²) in [4.78, 5) is 49.2. The molecule has 0 saturated carbocycles. The van der Waals surface area contributed by atoms with Crippen molar-refractivity contribution in [3.8, 4) is 0 Å². The Morgan fingerprint density at radius 2 is 0.889 bits per heavy atom. The third-order valence-electron chi connectivity index (χ3n) is 6.77. The van der Waals surface area contributed by atoms with Crippen molar-refractivity contribution < 1.29 is 39.6 Å². The largest absolute Gasteiger partial charge is 0.478 e. The first-order valence-electron chi connectivity index (χ1n) is 10.8. The number of benzene rings is 6. The number of carboxylic acids is 4. The molecule has 174 valence electrons. The maximum Gasteiger partial charge on any atom is 0.336 e. The maximum absolute atomic E-state index is 12.5. The molecule has 4 N–H and O–H groups in total. The predicted molar refractivity (Wildman–Crippen MR) is 133 cm³/mol. The second-order valence-corrected chi connectivity index (χ2v) is 8.53. The highest BCUT2D eigenvalue weighted by Crippen LogP contribution is 2.47. The summed E-state index contributed by atoms with van der Waals surface area (Å²) < 4.78 is 0. The lowest BCUT2D eigenvalue weighted by Crippen LogP contribution is -2.09. The molecule has 0 radical (unpaired) electrons. The SMILES string of the molecule is O=C(O)c1cc(C(=O)O)c2c3ccc4ccccc4c3c3c(C(=O)O)cc(C(=O)O)c4ccc1c2c43. The first kappa shape index (κ1) is 21.3. The fourth-order valence-electron chi connectivity index (χ4n) is 5.41. The van der Waals surface area contributed by atoms with Crippen molar-refractivity contribution >= 4 is 77.7 Å². The van der Waals surface area contributed by atoms with Gasteiger partial charge in [-0.1, -0.05) is 48.5 Å². The summed E-state index contributed by atoms with van der Waals surface area (Å²) in [6.45, 7) is 0. The minimum absolute atomic E-state index is 0.189. The van der Waals surface area contributed by atoms with Crippen molar-refractivity contribution in [1.29, 1.82) is 0 Å². The minimum atomic E-state index is -1.36. The summed E-state index contributed by atoms with van der Waals surface area (Å²) in [7, 11) is 0. The van der Waals surface area contributed by atoms with Crippen molar-refractivity contribution in [2.24, 2.45) is 0 Å². The van der Waals surface area contributed by atoms with Crippen LogP contribution in [0.1, 0.15) is 41.4 Å². The van der Waals surface area contributed by atoms with E-state index in [-0.39, 0.29) is 54.6 Å². The van der Waals surface area contributed by atoms with E-state index in [1.54, 1.807) is 24.3 Å². The second-order valence-electron chi connectivity index (χ2n) is 8.53. The number of aromatic carboxylic acids is 4. The van der Waals surface area contributed by atoms with E-state index >= 15 is 0 Å². The van der Waals surface area contributed by atoms with Crippen LogP contribution in [0.2, 0.25) is 0 Å². The Balaban J connectivity index is 2.13. The van der Waals surface area contributed by atoms with E-state index in [4.69, 9.17) is 0 Å². The molecule has 0 aliphatic carbocycles. The molecule has 8 nitrogen and oxygen atoms in total. The van der Waals surface area contributed by atoms with Gasteiger partial charge in [-0.2, -0.15) is 0 Å². The van der Waals surface area contributed by atoms with Gasteiger partial charge < -0.3 is 20.4 Å². The number of fused-ring (bicyclic) bond motifs is 5. The molecule has 8 heteroatoms. The lowest BCUT2D eigenvalue weighted by Gasteiger charge is -2.21. The van der Waals surface area contributed by atoms with Crippen molar-refractivity contribution in [2.75, 3.05) is 0 Å². The Labute approximate surface area is 200 Å². The van der Waals surface area contributed by atoms with Crippen LogP contribution < -0.4 is 0 Å². The van der Waals surface area contributed by atoms with Gasteiger partial charge in [0.15, 0.2) is 0 Å². The van der Waals surface area contributed by atoms with E-state index in [1.807, 2.05) is 12.1 Å².